The highest BCUT2D eigenvalue weighted by molar-refractivity contribution is 4.95. The third-order valence-corrected chi connectivity index (χ3v) is 17.4. The maximum atomic E-state index is 6.78. The molecule has 0 aliphatic rings. The Bertz CT molecular complexity index is 1390. The summed E-state index contributed by atoms with van der Waals surface area (Å²) in [5, 5.41) is 0. The lowest BCUT2D eigenvalue weighted by Gasteiger charge is -2.30. The van der Waals surface area contributed by atoms with Crippen LogP contribution in [0.4, 0.5) is 0 Å². The molecule has 0 atom stereocenters. The molecule has 84 heavy (non-hydrogen) atoms. The Morgan fingerprint density at radius 1 is 0.250 bits per heavy atom. The molecular weight excluding hydrogens is 1020 g/mol. The summed E-state index contributed by atoms with van der Waals surface area (Å²) in [6.07, 6.45) is 108. The van der Waals surface area contributed by atoms with Crippen molar-refractivity contribution in [3.8, 4) is 0 Å². The maximum absolute atomic E-state index is 6.78. The molecule has 0 heterocycles. The first-order chi connectivity index (χ1) is 41.6. The van der Waals surface area contributed by atoms with Gasteiger partial charge in [0.1, 0.15) is 0 Å². The summed E-state index contributed by atoms with van der Waals surface area (Å²) < 4.78 is 6.78. The zero-order valence-corrected chi connectivity index (χ0v) is 58.0. The molecule has 0 rings (SSSR count). The van der Waals surface area contributed by atoms with Gasteiger partial charge in [-0.15, -0.1) is 0 Å². The van der Waals surface area contributed by atoms with Crippen molar-refractivity contribution < 1.29 is 4.74 Å². The Hall–Kier alpha value is -2.20. The molecule has 0 aromatic rings. The van der Waals surface area contributed by atoms with Crippen LogP contribution in [-0.4, -0.2) is 62.3 Å². The average Bonchev–Trinajstić information content (AvgIpc) is 3.50. The van der Waals surface area contributed by atoms with E-state index in [1.54, 1.807) is 0 Å². The molecule has 0 aromatic heterocycles. The van der Waals surface area contributed by atoms with Crippen LogP contribution in [0.1, 0.15) is 368 Å². The SMILES string of the molecule is CCCCCC=CCC=CCCCCCCCCC(CCCCCCCCC=CCC=CCCCCC)OCCCN(C)CCN(C)C(CCCCCCCCC=CCC=CCCCCC)CCCCCCCCC=CCC=CCCCCC. The van der Waals surface area contributed by atoms with Crippen molar-refractivity contribution in [1.29, 1.82) is 0 Å². The summed E-state index contributed by atoms with van der Waals surface area (Å²) in [5.74, 6) is 0. The van der Waals surface area contributed by atoms with Gasteiger partial charge in [0.25, 0.3) is 0 Å². The summed E-state index contributed by atoms with van der Waals surface area (Å²) in [4.78, 5) is 5.35. The number of unbranched alkanes of at least 4 members (excludes halogenated alkanes) is 36. The third kappa shape index (κ3) is 67.3. The van der Waals surface area contributed by atoms with E-state index in [1.165, 1.54) is 315 Å². The molecule has 0 saturated heterocycles. The van der Waals surface area contributed by atoms with Gasteiger partial charge in [-0.1, -0.05) is 305 Å². The number of hydrogen-bond acceptors (Lipinski definition) is 3. The van der Waals surface area contributed by atoms with Crippen molar-refractivity contribution in [2.24, 2.45) is 0 Å². The molecular formula is C81H150N2O. The second-order valence-electron chi connectivity index (χ2n) is 25.8. The molecule has 0 aliphatic carbocycles. The van der Waals surface area contributed by atoms with E-state index in [-0.39, 0.29) is 0 Å². The molecule has 0 saturated carbocycles. The normalized spacial score (nSPS) is 13.5. The maximum Gasteiger partial charge on any atom is 0.0575 e. The minimum absolute atomic E-state index is 0.443. The molecule has 0 spiro atoms. The topological polar surface area (TPSA) is 15.7 Å². The van der Waals surface area contributed by atoms with Gasteiger partial charge >= 0.3 is 0 Å². The summed E-state index contributed by atoms with van der Waals surface area (Å²) in [6, 6.07) is 0.721. The smallest absolute Gasteiger partial charge is 0.0575 e. The van der Waals surface area contributed by atoms with Crippen LogP contribution in [0.25, 0.3) is 0 Å². The van der Waals surface area contributed by atoms with E-state index in [9.17, 15) is 0 Å². The molecule has 0 N–H and O–H groups in total. The van der Waals surface area contributed by atoms with E-state index >= 15 is 0 Å². The van der Waals surface area contributed by atoms with Gasteiger partial charge in [0, 0.05) is 32.3 Å². The van der Waals surface area contributed by atoms with Crippen molar-refractivity contribution in [1.82, 2.24) is 9.80 Å². The van der Waals surface area contributed by atoms with Crippen LogP contribution in [0, 0.1) is 0 Å². The van der Waals surface area contributed by atoms with E-state index in [2.05, 4.69) is 149 Å². The molecule has 0 radical (unpaired) electrons. The van der Waals surface area contributed by atoms with Gasteiger partial charge in [-0.25, -0.2) is 0 Å². The Labute approximate surface area is 529 Å². The monoisotopic (exact) mass is 1170 g/mol. The molecule has 3 heteroatoms. The van der Waals surface area contributed by atoms with Gasteiger partial charge in [0.05, 0.1) is 6.10 Å². The zero-order chi connectivity index (χ0) is 60.6. The lowest BCUT2D eigenvalue weighted by Crippen LogP contribution is -2.38. The Kier molecular flexibility index (Phi) is 71.4. The Balaban J connectivity index is 4.94. The predicted octanol–water partition coefficient (Wildman–Crippen LogP) is 26.8. The first-order valence-corrected chi connectivity index (χ1v) is 37.8. The fourth-order valence-electron chi connectivity index (χ4n) is 11.6. The molecule has 0 bridgehead atoms. The number of rotatable bonds is 69. The van der Waals surface area contributed by atoms with Crippen molar-refractivity contribution in [3.63, 3.8) is 0 Å². The van der Waals surface area contributed by atoms with Gasteiger partial charge in [-0.05, 0) is 175 Å². The molecule has 3 nitrogen and oxygen atoms in total. The summed E-state index contributed by atoms with van der Waals surface area (Å²) in [7, 11) is 4.80. The summed E-state index contributed by atoms with van der Waals surface area (Å²) in [5.41, 5.74) is 0. The van der Waals surface area contributed by atoms with Gasteiger partial charge < -0.3 is 14.5 Å². The molecule has 0 aliphatic heterocycles. The van der Waals surface area contributed by atoms with Crippen LogP contribution < -0.4 is 0 Å². The Morgan fingerprint density at radius 3 is 0.786 bits per heavy atom. The fourth-order valence-corrected chi connectivity index (χ4v) is 11.6. The number of hydrogen-bond donors (Lipinski definition) is 0. The first kappa shape index (κ1) is 81.8. The van der Waals surface area contributed by atoms with Crippen LogP contribution in [0.15, 0.2) is 97.2 Å². The van der Waals surface area contributed by atoms with Crippen molar-refractivity contribution in [2.45, 2.75) is 380 Å². The largest absolute Gasteiger partial charge is 0.378 e. The molecule has 0 fully saturated rings. The number of allylic oxidation sites excluding steroid dienone is 16. The Morgan fingerprint density at radius 2 is 0.500 bits per heavy atom. The number of ether oxygens (including phenoxy) is 1. The second kappa shape index (κ2) is 73.3. The van der Waals surface area contributed by atoms with E-state index in [0.717, 1.165) is 57.8 Å². The number of likely N-dealkylation sites (N-methyl/N-ethyl adjacent to an activating group) is 2. The van der Waals surface area contributed by atoms with E-state index in [0.29, 0.717) is 6.10 Å². The first-order valence-electron chi connectivity index (χ1n) is 37.8. The highest BCUT2D eigenvalue weighted by Gasteiger charge is 2.16. The van der Waals surface area contributed by atoms with Crippen LogP contribution in [0.3, 0.4) is 0 Å². The van der Waals surface area contributed by atoms with Crippen LogP contribution >= 0.6 is 0 Å². The minimum Gasteiger partial charge on any atom is -0.378 e. The third-order valence-electron chi connectivity index (χ3n) is 17.4. The lowest BCUT2D eigenvalue weighted by atomic mass is 9.98. The molecule has 490 valence electrons. The van der Waals surface area contributed by atoms with Gasteiger partial charge in [-0.3, -0.25) is 0 Å². The molecule has 0 amide bonds. The van der Waals surface area contributed by atoms with Crippen molar-refractivity contribution >= 4 is 0 Å². The van der Waals surface area contributed by atoms with Gasteiger partial charge in [0.2, 0.25) is 0 Å². The van der Waals surface area contributed by atoms with Gasteiger partial charge in [-0.2, -0.15) is 0 Å². The highest BCUT2D eigenvalue weighted by atomic mass is 16.5. The van der Waals surface area contributed by atoms with E-state index < -0.39 is 0 Å². The fraction of sp³-hybridized carbons (Fsp3) is 0.802. The predicted molar refractivity (Wildman–Crippen MR) is 384 cm³/mol. The molecule has 0 aromatic carbocycles. The van der Waals surface area contributed by atoms with E-state index in [4.69, 9.17) is 4.74 Å². The quantitative estimate of drug-likeness (QED) is 0.0446. The van der Waals surface area contributed by atoms with Crippen molar-refractivity contribution in [2.75, 3.05) is 40.3 Å². The van der Waals surface area contributed by atoms with Crippen molar-refractivity contribution in [3.05, 3.63) is 97.2 Å². The standard InChI is InChI=1S/C81H150N2O/c1-7-11-15-19-23-27-31-35-39-43-47-51-55-59-63-67-72-80(73-68-64-60-56-52-48-44-40-36-32-28-24-20-16-12-8-2)83(6)78-77-82(5)76-71-79-84-81(74-69-65-61-57-53-49-45-41-37-33-29-25-21-17-13-9-3)75-70-66-62-58-54-50-46-42-38-34-30-26-22-18-14-10-4/h23-30,35-42,80-81H,7-22,31-34,43-79H2,1-6H3. The molecule has 0 unspecified atom stereocenters. The van der Waals surface area contributed by atoms with Crippen LogP contribution in [0.5, 0.6) is 0 Å². The minimum atomic E-state index is 0.443. The summed E-state index contributed by atoms with van der Waals surface area (Å²) >= 11 is 0. The second-order valence-corrected chi connectivity index (χ2v) is 25.8. The van der Waals surface area contributed by atoms with Crippen LogP contribution in [-0.2, 0) is 4.74 Å². The average molecular weight is 1170 g/mol. The van der Waals surface area contributed by atoms with Gasteiger partial charge in [0.15, 0.2) is 0 Å². The van der Waals surface area contributed by atoms with E-state index in [1.807, 2.05) is 0 Å². The highest BCUT2D eigenvalue weighted by Crippen LogP contribution is 2.21. The van der Waals surface area contributed by atoms with Crippen LogP contribution in [0.2, 0.25) is 0 Å². The zero-order valence-electron chi connectivity index (χ0n) is 58.0. The lowest BCUT2D eigenvalue weighted by molar-refractivity contribution is 0.0331. The number of nitrogens with zero attached hydrogens (tertiary/aromatic N) is 2. The summed E-state index contributed by atoms with van der Waals surface area (Å²) in [6.45, 7) is 13.5.